The average molecular weight is 387 g/mol. The van der Waals surface area contributed by atoms with Gasteiger partial charge in [0.15, 0.2) is 11.6 Å². The van der Waals surface area contributed by atoms with Gasteiger partial charge in [-0.05, 0) is 31.0 Å². The Kier molecular flexibility index (Phi) is 4.62. The molecule has 1 amide bonds. The van der Waals surface area contributed by atoms with Gasteiger partial charge in [0.1, 0.15) is 0 Å². The Morgan fingerprint density at radius 1 is 1.11 bits per heavy atom. The van der Waals surface area contributed by atoms with Crippen LogP contribution in [0.25, 0.3) is 11.4 Å². The summed E-state index contributed by atoms with van der Waals surface area (Å²) in [5.74, 6) is -2.69. The van der Waals surface area contributed by atoms with Gasteiger partial charge in [0.05, 0.1) is 6.54 Å². The first-order valence-corrected chi connectivity index (χ1v) is 8.79. The number of benzene rings is 2. The monoisotopic (exact) mass is 387 g/mol. The molecule has 1 aromatic heterocycles. The van der Waals surface area contributed by atoms with Crippen molar-refractivity contribution in [2.45, 2.75) is 18.5 Å². The number of halogens is 3. The van der Waals surface area contributed by atoms with Crippen LogP contribution >= 0.6 is 0 Å². The number of aromatic nitrogens is 2. The predicted molar refractivity (Wildman–Crippen MR) is 94.0 cm³/mol. The van der Waals surface area contributed by atoms with E-state index in [0.717, 1.165) is 12.1 Å². The maximum absolute atomic E-state index is 15.6. The third kappa shape index (κ3) is 3.37. The second-order valence-electron chi connectivity index (χ2n) is 6.71. The number of amides is 1. The van der Waals surface area contributed by atoms with Crippen LogP contribution in [0.4, 0.5) is 13.2 Å². The lowest BCUT2D eigenvalue weighted by atomic mass is 9.94. The van der Waals surface area contributed by atoms with Crippen LogP contribution in [0, 0.1) is 11.6 Å². The molecule has 28 heavy (non-hydrogen) atoms. The summed E-state index contributed by atoms with van der Waals surface area (Å²) < 4.78 is 47.3. The van der Waals surface area contributed by atoms with E-state index in [1.165, 1.54) is 11.0 Å². The van der Waals surface area contributed by atoms with Crippen LogP contribution in [-0.2, 0) is 5.67 Å². The van der Waals surface area contributed by atoms with E-state index in [9.17, 15) is 13.6 Å². The summed E-state index contributed by atoms with van der Waals surface area (Å²) in [6, 6.07) is 11.9. The highest BCUT2D eigenvalue weighted by Crippen LogP contribution is 2.36. The van der Waals surface area contributed by atoms with Crippen molar-refractivity contribution in [2.75, 3.05) is 13.1 Å². The van der Waals surface area contributed by atoms with E-state index in [1.54, 1.807) is 24.3 Å². The summed E-state index contributed by atoms with van der Waals surface area (Å²) in [4.78, 5) is 18.0. The molecular formula is C20H16F3N3O2. The van der Waals surface area contributed by atoms with Crippen LogP contribution in [0.1, 0.15) is 29.1 Å². The zero-order valence-corrected chi connectivity index (χ0v) is 14.7. The van der Waals surface area contributed by atoms with Crippen molar-refractivity contribution in [1.82, 2.24) is 15.0 Å². The first-order chi connectivity index (χ1) is 13.5. The molecule has 144 valence electrons. The Morgan fingerprint density at radius 3 is 2.64 bits per heavy atom. The zero-order valence-electron chi connectivity index (χ0n) is 14.7. The summed E-state index contributed by atoms with van der Waals surface area (Å²) in [5.41, 5.74) is -1.36. The third-order valence-electron chi connectivity index (χ3n) is 4.74. The van der Waals surface area contributed by atoms with Gasteiger partial charge in [-0.1, -0.05) is 35.5 Å². The fourth-order valence-corrected chi connectivity index (χ4v) is 3.28. The molecule has 0 N–H and O–H groups in total. The lowest BCUT2D eigenvalue weighted by molar-refractivity contribution is 0.0152. The van der Waals surface area contributed by atoms with Gasteiger partial charge in [0, 0.05) is 17.7 Å². The SMILES string of the molecule is O=C(c1ccc(F)c(F)c1)N1CCCC(F)(c2nc(-c3ccccc3)no2)C1. The van der Waals surface area contributed by atoms with Gasteiger partial charge < -0.3 is 9.42 Å². The number of nitrogens with zero attached hydrogens (tertiary/aromatic N) is 3. The highest BCUT2D eigenvalue weighted by atomic mass is 19.2. The standard InChI is InChI=1S/C20H16F3N3O2/c21-15-8-7-14(11-16(15)22)18(27)26-10-4-9-20(23,12-26)19-24-17(25-28-19)13-5-2-1-3-6-13/h1-3,5-8,11H,4,9-10,12H2. The number of carbonyl (C=O) groups is 1. The molecule has 0 aliphatic carbocycles. The molecule has 0 radical (unpaired) electrons. The van der Waals surface area contributed by atoms with Crippen LogP contribution in [0.5, 0.6) is 0 Å². The number of hydrogen-bond donors (Lipinski definition) is 0. The van der Waals surface area contributed by atoms with Crippen molar-refractivity contribution < 1.29 is 22.5 Å². The lowest BCUT2D eigenvalue weighted by Gasteiger charge is -2.35. The van der Waals surface area contributed by atoms with Crippen molar-refractivity contribution in [3.05, 3.63) is 71.6 Å². The Bertz CT molecular complexity index is 1010. The highest BCUT2D eigenvalue weighted by molar-refractivity contribution is 5.94. The third-order valence-corrected chi connectivity index (χ3v) is 4.74. The maximum Gasteiger partial charge on any atom is 0.266 e. The molecule has 5 nitrogen and oxygen atoms in total. The van der Waals surface area contributed by atoms with Crippen molar-refractivity contribution in [1.29, 1.82) is 0 Å². The summed E-state index contributed by atoms with van der Waals surface area (Å²) in [6.45, 7) is -0.00949. The van der Waals surface area contributed by atoms with Crippen LogP contribution in [-0.4, -0.2) is 34.0 Å². The number of alkyl halides is 1. The molecule has 2 aromatic carbocycles. The Morgan fingerprint density at radius 2 is 1.89 bits per heavy atom. The first-order valence-electron chi connectivity index (χ1n) is 8.79. The van der Waals surface area contributed by atoms with E-state index in [4.69, 9.17) is 4.52 Å². The fraction of sp³-hybridized carbons (Fsp3) is 0.250. The summed E-state index contributed by atoms with van der Waals surface area (Å²) in [7, 11) is 0. The van der Waals surface area contributed by atoms with Crippen LogP contribution in [0.3, 0.4) is 0 Å². The molecule has 0 saturated carbocycles. The minimum absolute atomic E-state index is 0.0429. The number of likely N-dealkylation sites (tertiary alicyclic amines) is 1. The Balaban J connectivity index is 1.56. The number of piperidine rings is 1. The normalized spacial score (nSPS) is 19.6. The van der Waals surface area contributed by atoms with Crippen molar-refractivity contribution in [3.8, 4) is 11.4 Å². The van der Waals surface area contributed by atoms with Gasteiger partial charge in [-0.3, -0.25) is 4.79 Å². The van der Waals surface area contributed by atoms with E-state index < -0.39 is 23.2 Å². The average Bonchev–Trinajstić information content (AvgIpc) is 3.21. The predicted octanol–water partition coefficient (Wildman–Crippen LogP) is 4.12. The number of carbonyl (C=O) groups excluding carboxylic acids is 1. The molecular weight excluding hydrogens is 371 g/mol. The van der Waals surface area contributed by atoms with Crippen LogP contribution in [0.15, 0.2) is 53.1 Å². The van der Waals surface area contributed by atoms with Gasteiger partial charge in [-0.15, -0.1) is 0 Å². The first kappa shape index (κ1) is 18.2. The molecule has 8 heteroatoms. The quantitative estimate of drug-likeness (QED) is 0.679. The van der Waals surface area contributed by atoms with E-state index in [-0.39, 0.29) is 30.2 Å². The Hall–Kier alpha value is -3.16. The summed E-state index contributed by atoms with van der Waals surface area (Å²) in [5, 5.41) is 3.84. The van der Waals surface area contributed by atoms with Gasteiger partial charge in [-0.25, -0.2) is 13.2 Å². The summed E-state index contributed by atoms with van der Waals surface area (Å²) in [6.07, 6.45) is 0.486. The fourth-order valence-electron chi connectivity index (χ4n) is 3.28. The minimum atomic E-state index is -2.01. The topological polar surface area (TPSA) is 59.2 Å². The second-order valence-corrected chi connectivity index (χ2v) is 6.71. The van der Waals surface area contributed by atoms with Crippen molar-refractivity contribution in [2.24, 2.45) is 0 Å². The smallest absolute Gasteiger partial charge is 0.266 e. The van der Waals surface area contributed by atoms with Crippen LogP contribution < -0.4 is 0 Å². The molecule has 1 saturated heterocycles. The van der Waals surface area contributed by atoms with Gasteiger partial charge in [-0.2, -0.15) is 4.98 Å². The van der Waals surface area contributed by atoms with E-state index in [2.05, 4.69) is 10.1 Å². The summed E-state index contributed by atoms with van der Waals surface area (Å²) >= 11 is 0. The molecule has 2 heterocycles. The molecule has 4 rings (SSSR count). The molecule has 1 fully saturated rings. The number of rotatable bonds is 3. The number of hydrogen-bond acceptors (Lipinski definition) is 4. The minimum Gasteiger partial charge on any atom is -0.335 e. The molecule has 0 spiro atoms. The van der Waals surface area contributed by atoms with Crippen LogP contribution in [0.2, 0.25) is 0 Å². The van der Waals surface area contributed by atoms with Gasteiger partial charge >= 0.3 is 0 Å². The van der Waals surface area contributed by atoms with Crippen molar-refractivity contribution in [3.63, 3.8) is 0 Å². The van der Waals surface area contributed by atoms with Gasteiger partial charge in [0.2, 0.25) is 11.5 Å². The molecule has 1 atom stereocenters. The lowest BCUT2D eigenvalue weighted by Crippen LogP contribution is -2.46. The molecule has 1 aliphatic heterocycles. The molecule has 1 unspecified atom stereocenters. The second kappa shape index (κ2) is 7.10. The molecule has 1 aliphatic rings. The molecule has 0 bridgehead atoms. The maximum atomic E-state index is 15.6. The largest absolute Gasteiger partial charge is 0.335 e. The highest BCUT2D eigenvalue weighted by Gasteiger charge is 2.44. The van der Waals surface area contributed by atoms with E-state index in [0.29, 0.717) is 18.5 Å². The van der Waals surface area contributed by atoms with E-state index in [1.807, 2.05) is 6.07 Å². The van der Waals surface area contributed by atoms with Crippen molar-refractivity contribution >= 4 is 5.91 Å². The molecule has 3 aromatic rings. The van der Waals surface area contributed by atoms with Gasteiger partial charge in [0.25, 0.3) is 11.8 Å². The van der Waals surface area contributed by atoms with E-state index >= 15 is 4.39 Å². The Labute approximate surface area is 158 Å². The zero-order chi connectivity index (χ0) is 19.7.